The molecule has 1 amide bonds. The fraction of sp³-hybridized carbons (Fsp3) is 0.444. The lowest BCUT2D eigenvalue weighted by molar-refractivity contribution is -0.125. The van der Waals surface area contributed by atoms with Crippen molar-refractivity contribution in [2.75, 3.05) is 25.0 Å². The van der Waals surface area contributed by atoms with Gasteiger partial charge in [0, 0.05) is 29.9 Å². The van der Waals surface area contributed by atoms with Gasteiger partial charge in [0.2, 0.25) is 5.91 Å². The molecule has 126 valence electrons. The van der Waals surface area contributed by atoms with Gasteiger partial charge in [-0.15, -0.1) is 11.3 Å². The lowest BCUT2D eigenvalue weighted by atomic mass is 10.0. The normalized spacial score (nSPS) is 25.0. The molecule has 1 saturated heterocycles. The Morgan fingerprint density at radius 3 is 3.08 bits per heavy atom. The Balaban J connectivity index is 1.50. The van der Waals surface area contributed by atoms with Crippen LogP contribution in [0.1, 0.15) is 28.8 Å². The summed E-state index contributed by atoms with van der Waals surface area (Å²) in [4.78, 5) is 19.5. The van der Waals surface area contributed by atoms with E-state index < -0.39 is 0 Å². The molecule has 1 aromatic carbocycles. The van der Waals surface area contributed by atoms with E-state index in [-0.39, 0.29) is 18.1 Å². The van der Waals surface area contributed by atoms with Crippen molar-refractivity contribution in [3.8, 4) is 0 Å². The predicted octanol–water partition coefficient (Wildman–Crippen LogP) is 2.78. The van der Waals surface area contributed by atoms with Crippen LogP contribution in [0.3, 0.4) is 0 Å². The first-order valence-electron chi connectivity index (χ1n) is 8.37. The number of rotatable bonds is 2. The van der Waals surface area contributed by atoms with Crippen molar-refractivity contribution in [3.63, 3.8) is 0 Å². The average molecular weight is 343 g/mol. The second kappa shape index (κ2) is 6.63. The van der Waals surface area contributed by atoms with Crippen molar-refractivity contribution in [2.45, 2.75) is 31.9 Å². The smallest absolute Gasteiger partial charge is 0.241 e. The van der Waals surface area contributed by atoms with Gasteiger partial charge < -0.3 is 10.1 Å². The van der Waals surface area contributed by atoms with Crippen LogP contribution in [0.15, 0.2) is 29.6 Å². The third kappa shape index (κ3) is 3.09. The largest absolute Gasteiger partial charge is 0.368 e. The number of aryl methyl sites for hydroxylation is 2. The molecule has 0 bridgehead atoms. The summed E-state index contributed by atoms with van der Waals surface area (Å²) in [6.45, 7) is 4.15. The molecule has 24 heavy (non-hydrogen) atoms. The number of hydrogen-bond donors (Lipinski definition) is 1. The molecule has 3 heterocycles. The third-order valence-corrected chi connectivity index (χ3v) is 5.77. The third-order valence-electron chi connectivity index (χ3n) is 4.72. The van der Waals surface area contributed by atoms with Gasteiger partial charge in [-0.3, -0.25) is 9.69 Å². The van der Waals surface area contributed by atoms with Crippen LogP contribution in [0.5, 0.6) is 0 Å². The molecule has 1 N–H and O–H groups in total. The van der Waals surface area contributed by atoms with Crippen LogP contribution in [0, 0.1) is 6.92 Å². The van der Waals surface area contributed by atoms with Crippen LogP contribution in [-0.2, 0) is 16.0 Å². The van der Waals surface area contributed by atoms with Gasteiger partial charge in [-0.2, -0.15) is 0 Å². The fourth-order valence-electron chi connectivity index (χ4n) is 3.47. The van der Waals surface area contributed by atoms with Crippen molar-refractivity contribution in [3.05, 3.63) is 45.9 Å². The van der Waals surface area contributed by atoms with Crippen LogP contribution in [0.4, 0.5) is 5.69 Å². The van der Waals surface area contributed by atoms with Gasteiger partial charge in [0.25, 0.3) is 0 Å². The molecule has 0 saturated carbocycles. The molecule has 6 heteroatoms. The Kier molecular flexibility index (Phi) is 4.35. The molecule has 4 rings (SSSR count). The van der Waals surface area contributed by atoms with Crippen molar-refractivity contribution >= 4 is 22.9 Å². The Hall–Kier alpha value is -1.76. The number of nitrogens with zero attached hydrogens (tertiary/aromatic N) is 2. The van der Waals surface area contributed by atoms with E-state index in [2.05, 4.69) is 21.3 Å². The summed E-state index contributed by atoms with van der Waals surface area (Å²) in [7, 11) is 0. The topological polar surface area (TPSA) is 54.5 Å². The Morgan fingerprint density at radius 2 is 2.25 bits per heavy atom. The number of carbonyl (C=O) groups excluding carboxylic acids is 1. The quantitative estimate of drug-likeness (QED) is 0.911. The lowest BCUT2D eigenvalue weighted by Crippen LogP contribution is -2.49. The predicted molar refractivity (Wildman–Crippen MR) is 94.3 cm³/mol. The zero-order valence-corrected chi connectivity index (χ0v) is 14.5. The molecular weight excluding hydrogens is 322 g/mol. The minimum absolute atomic E-state index is 0.0316. The summed E-state index contributed by atoms with van der Waals surface area (Å²) in [6, 6.07) is 7.97. The number of morpholine rings is 1. The van der Waals surface area contributed by atoms with E-state index in [1.54, 1.807) is 11.3 Å². The lowest BCUT2D eigenvalue weighted by Gasteiger charge is -2.36. The maximum absolute atomic E-state index is 12.7. The monoisotopic (exact) mass is 343 g/mol. The summed E-state index contributed by atoms with van der Waals surface area (Å²) < 4.78 is 5.90. The minimum atomic E-state index is -0.107. The number of nitrogens with one attached hydrogen (secondary N) is 1. The summed E-state index contributed by atoms with van der Waals surface area (Å²) >= 11 is 1.64. The zero-order valence-electron chi connectivity index (χ0n) is 13.7. The van der Waals surface area contributed by atoms with Gasteiger partial charge in [0.1, 0.15) is 11.1 Å². The van der Waals surface area contributed by atoms with Crippen LogP contribution in [0.2, 0.25) is 0 Å². The van der Waals surface area contributed by atoms with E-state index in [9.17, 15) is 4.79 Å². The first-order valence-corrected chi connectivity index (χ1v) is 9.25. The van der Waals surface area contributed by atoms with E-state index in [1.807, 2.05) is 30.5 Å². The van der Waals surface area contributed by atoms with E-state index in [1.165, 1.54) is 5.56 Å². The highest BCUT2D eigenvalue weighted by Gasteiger charge is 2.34. The Labute approximate surface area is 145 Å². The Morgan fingerprint density at radius 1 is 1.38 bits per heavy atom. The molecular formula is C18H21N3O2S. The zero-order chi connectivity index (χ0) is 16.5. The minimum Gasteiger partial charge on any atom is -0.368 e. The maximum Gasteiger partial charge on any atom is 0.241 e. The molecule has 0 radical (unpaired) electrons. The van der Waals surface area contributed by atoms with Crippen LogP contribution < -0.4 is 5.32 Å². The van der Waals surface area contributed by atoms with Crippen molar-refractivity contribution in [2.24, 2.45) is 0 Å². The molecule has 2 aliphatic rings. The van der Waals surface area contributed by atoms with E-state index in [0.717, 1.165) is 42.3 Å². The highest BCUT2D eigenvalue weighted by atomic mass is 32.1. The van der Waals surface area contributed by atoms with Gasteiger partial charge >= 0.3 is 0 Å². The highest BCUT2D eigenvalue weighted by Crippen LogP contribution is 2.29. The molecule has 5 nitrogen and oxygen atoms in total. The molecule has 0 spiro atoms. The van der Waals surface area contributed by atoms with Crippen LogP contribution in [-0.4, -0.2) is 41.5 Å². The fourth-order valence-corrected chi connectivity index (χ4v) is 4.30. The van der Waals surface area contributed by atoms with Gasteiger partial charge in [-0.1, -0.05) is 18.2 Å². The van der Waals surface area contributed by atoms with E-state index in [0.29, 0.717) is 6.61 Å². The average Bonchev–Trinajstić information content (AvgIpc) is 2.95. The number of aromatic nitrogens is 1. The second-order valence-corrected chi connectivity index (χ2v) is 7.27. The standard InChI is InChI=1S/C18H21N3O2S/c1-12-11-24-18(19-12)16-10-21(8-9-23-16)15-7-6-13-4-2-3-5-14(13)20-17(15)22/h2-5,11,15-16H,6-10H2,1H3,(H,20,22)/t15-,16+/m1/s1. The number of amides is 1. The van der Waals surface area contributed by atoms with Crippen molar-refractivity contribution < 1.29 is 9.53 Å². The second-order valence-electron chi connectivity index (χ2n) is 6.38. The van der Waals surface area contributed by atoms with Gasteiger partial charge in [-0.25, -0.2) is 4.98 Å². The summed E-state index contributed by atoms with van der Waals surface area (Å²) in [5.41, 5.74) is 3.19. The summed E-state index contributed by atoms with van der Waals surface area (Å²) in [6.07, 6.45) is 1.72. The summed E-state index contributed by atoms with van der Waals surface area (Å²) in [5, 5.41) is 6.15. The van der Waals surface area contributed by atoms with Crippen molar-refractivity contribution in [1.29, 1.82) is 0 Å². The van der Waals surface area contributed by atoms with Crippen LogP contribution in [0.25, 0.3) is 0 Å². The van der Waals surface area contributed by atoms with E-state index >= 15 is 0 Å². The molecule has 2 atom stereocenters. The molecule has 1 aromatic heterocycles. The maximum atomic E-state index is 12.7. The first kappa shape index (κ1) is 15.7. The number of hydrogen-bond acceptors (Lipinski definition) is 5. The van der Waals surface area contributed by atoms with E-state index in [4.69, 9.17) is 4.74 Å². The highest BCUT2D eigenvalue weighted by molar-refractivity contribution is 7.09. The van der Waals surface area contributed by atoms with Crippen LogP contribution >= 0.6 is 11.3 Å². The molecule has 2 aromatic rings. The number of benzene rings is 1. The van der Waals surface area contributed by atoms with Crippen molar-refractivity contribution in [1.82, 2.24) is 9.88 Å². The molecule has 0 aliphatic carbocycles. The number of ether oxygens (including phenoxy) is 1. The Bertz CT molecular complexity index is 745. The number of anilines is 1. The van der Waals surface area contributed by atoms with Gasteiger partial charge in [0.05, 0.1) is 12.6 Å². The van der Waals surface area contributed by atoms with Gasteiger partial charge in [0.15, 0.2) is 0 Å². The first-order chi connectivity index (χ1) is 11.7. The number of thiazole rings is 1. The molecule has 0 unspecified atom stereocenters. The summed E-state index contributed by atoms with van der Waals surface area (Å²) in [5.74, 6) is 0.0934. The molecule has 2 aliphatic heterocycles. The molecule has 1 fully saturated rings. The number of fused-ring (bicyclic) bond motifs is 1. The van der Waals surface area contributed by atoms with Gasteiger partial charge in [-0.05, 0) is 31.4 Å². The SMILES string of the molecule is Cc1csc([C@@H]2CN([C@@H]3CCc4ccccc4NC3=O)CCO2)n1. The number of carbonyl (C=O) groups is 1. The number of para-hydroxylation sites is 1.